The number of aromatic nitrogens is 1. The van der Waals surface area contributed by atoms with E-state index in [1.165, 1.54) is 0 Å². The second-order valence-electron chi connectivity index (χ2n) is 6.03. The van der Waals surface area contributed by atoms with Crippen LogP contribution in [0.3, 0.4) is 0 Å². The van der Waals surface area contributed by atoms with Crippen LogP contribution in [0.15, 0.2) is 71.5 Å². The third-order valence-corrected chi connectivity index (χ3v) is 4.85. The molecule has 0 spiro atoms. The second-order valence-corrected chi connectivity index (χ2v) is 6.89. The molecule has 0 aliphatic heterocycles. The zero-order valence-electron chi connectivity index (χ0n) is 14.2. The van der Waals surface area contributed by atoms with E-state index in [0.717, 1.165) is 26.7 Å². The summed E-state index contributed by atoms with van der Waals surface area (Å²) in [4.78, 5) is 17.1. The number of pyridine rings is 1. The van der Waals surface area contributed by atoms with E-state index >= 15 is 0 Å². The summed E-state index contributed by atoms with van der Waals surface area (Å²) in [6.45, 7) is 4.11. The molecule has 4 heteroatoms. The van der Waals surface area contributed by atoms with Gasteiger partial charge in [0, 0.05) is 16.9 Å². The van der Waals surface area contributed by atoms with Gasteiger partial charge in [0.2, 0.25) is 0 Å². The predicted molar refractivity (Wildman–Crippen MR) is 104 cm³/mol. The number of nitrogens with zero attached hydrogens (tertiary/aromatic N) is 1. The second kappa shape index (κ2) is 7.62. The summed E-state index contributed by atoms with van der Waals surface area (Å²) < 4.78 is 0.776. The largest absolute Gasteiger partial charge is 0.341 e. The molecular weight excluding hydrogens is 376 g/mol. The lowest BCUT2D eigenvalue weighted by molar-refractivity contribution is 0.0942. The fourth-order valence-electron chi connectivity index (χ4n) is 2.81. The molecular formula is C21H19BrN2O. The van der Waals surface area contributed by atoms with Gasteiger partial charge < -0.3 is 5.32 Å². The molecule has 1 aromatic heterocycles. The van der Waals surface area contributed by atoms with Crippen LogP contribution >= 0.6 is 15.9 Å². The van der Waals surface area contributed by atoms with Crippen LogP contribution in [-0.2, 0) is 0 Å². The van der Waals surface area contributed by atoms with E-state index < -0.39 is 0 Å². The van der Waals surface area contributed by atoms with Crippen LogP contribution < -0.4 is 5.32 Å². The molecule has 0 fully saturated rings. The first-order valence-corrected chi connectivity index (χ1v) is 8.88. The van der Waals surface area contributed by atoms with Crippen molar-refractivity contribution in [3.05, 3.63) is 99.3 Å². The number of hydrogen-bond acceptors (Lipinski definition) is 2. The van der Waals surface area contributed by atoms with Gasteiger partial charge in [0.1, 0.15) is 0 Å². The molecule has 3 nitrogen and oxygen atoms in total. The van der Waals surface area contributed by atoms with E-state index in [4.69, 9.17) is 0 Å². The molecule has 0 saturated carbocycles. The SMILES string of the molecule is Cc1ccc(C)c(C(NC(=O)c2ccccc2Br)c2cccnc2)c1. The van der Waals surface area contributed by atoms with Crippen LogP contribution in [0.25, 0.3) is 0 Å². The number of rotatable bonds is 4. The molecule has 126 valence electrons. The number of hydrogen-bond donors (Lipinski definition) is 1. The van der Waals surface area contributed by atoms with Gasteiger partial charge in [-0.1, -0.05) is 42.0 Å². The van der Waals surface area contributed by atoms with Gasteiger partial charge in [-0.15, -0.1) is 0 Å². The smallest absolute Gasteiger partial charge is 0.253 e. The average Bonchev–Trinajstić information content (AvgIpc) is 2.63. The Hall–Kier alpha value is -2.46. The minimum atomic E-state index is -0.256. The Morgan fingerprint density at radius 2 is 1.88 bits per heavy atom. The fourth-order valence-corrected chi connectivity index (χ4v) is 3.28. The summed E-state index contributed by atoms with van der Waals surface area (Å²) in [6, 6.07) is 17.3. The van der Waals surface area contributed by atoms with E-state index in [1.54, 1.807) is 12.4 Å². The summed E-state index contributed by atoms with van der Waals surface area (Å²) in [5, 5.41) is 3.17. The highest BCUT2D eigenvalue weighted by atomic mass is 79.9. The van der Waals surface area contributed by atoms with Gasteiger partial charge in [0.15, 0.2) is 0 Å². The summed E-state index contributed by atoms with van der Waals surface area (Å²) in [7, 11) is 0. The first-order chi connectivity index (χ1) is 12.1. The molecule has 3 rings (SSSR count). The minimum absolute atomic E-state index is 0.123. The maximum Gasteiger partial charge on any atom is 0.253 e. The number of aryl methyl sites for hydroxylation is 2. The number of carbonyl (C=O) groups excluding carboxylic acids is 1. The fraction of sp³-hybridized carbons (Fsp3) is 0.143. The lowest BCUT2D eigenvalue weighted by atomic mass is 9.94. The van der Waals surface area contributed by atoms with Gasteiger partial charge in [-0.25, -0.2) is 0 Å². The number of nitrogens with one attached hydrogen (secondary N) is 1. The van der Waals surface area contributed by atoms with Gasteiger partial charge in [-0.05, 0) is 64.7 Å². The minimum Gasteiger partial charge on any atom is -0.341 e. The van der Waals surface area contributed by atoms with Crippen molar-refractivity contribution in [3.63, 3.8) is 0 Å². The third-order valence-electron chi connectivity index (χ3n) is 4.16. The molecule has 0 saturated heterocycles. The summed E-state index contributed by atoms with van der Waals surface area (Å²) >= 11 is 3.45. The topological polar surface area (TPSA) is 42.0 Å². The Morgan fingerprint density at radius 3 is 2.60 bits per heavy atom. The molecule has 0 bridgehead atoms. The van der Waals surface area contributed by atoms with Crippen molar-refractivity contribution in [2.45, 2.75) is 19.9 Å². The Labute approximate surface area is 156 Å². The lowest BCUT2D eigenvalue weighted by Crippen LogP contribution is -2.30. The van der Waals surface area contributed by atoms with E-state index in [2.05, 4.69) is 58.3 Å². The number of amides is 1. The molecule has 0 aliphatic rings. The molecule has 1 unspecified atom stereocenters. The average molecular weight is 395 g/mol. The number of benzene rings is 2. The van der Waals surface area contributed by atoms with Crippen molar-refractivity contribution < 1.29 is 4.79 Å². The van der Waals surface area contributed by atoms with E-state index in [-0.39, 0.29) is 11.9 Å². The van der Waals surface area contributed by atoms with Crippen LogP contribution in [0.2, 0.25) is 0 Å². The molecule has 25 heavy (non-hydrogen) atoms. The number of carbonyl (C=O) groups is 1. The van der Waals surface area contributed by atoms with Crippen LogP contribution in [0.1, 0.15) is 38.7 Å². The first kappa shape index (κ1) is 17.4. The van der Waals surface area contributed by atoms with E-state index in [0.29, 0.717) is 5.56 Å². The Morgan fingerprint density at radius 1 is 1.08 bits per heavy atom. The zero-order valence-corrected chi connectivity index (χ0v) is 15.7. The van der Waals surface area contributed by atoms with Crippen LogP contribution in [0.4, 0.5) is 0 Å². The number of halogens is 1. The maximum atomic E-state index is 12.9. The molecule has 1 N–H and O–H groups in total. The summed E-state index contributed by atoms with van der Waals surface area (Å²) in [5.41, 5.74) is 4.93. The van der Waals surface area contributed by atoms with Crippen LogP contribution in [0, 0.1) is 13.8 Å². The quantitative estimate of drug-likeness (QED) is 0.677. The lowest BCUT2D eigenvalue weighted by Gasteiger charge is -2.22. The summed E-state index contributed by atoms with van der Waals surface area (Å²) in [6.07, 6.45) is 3.53. The van der Waals surface area contributed by atoms with Gasteiger partial charge in [-0.2, -0.15) is 0 Å². The van der Waals surface area contributed by atoms with Crippen molar-refractivity contribution in [2.75, 3.05) is 0 Å². The van der Waals surface area contributed by atoms with Crippen LogP contribution in [-0.4, -0.2) is 10.9 Å². The Bertz CT molecular complexity index is 893. The Balaban J connectivity index is 2.02. The highest BCUT2D eigenvalue weighted by Gasteiger charge is 2.21. The molecule has 3 aromatic rings. The van der Waals surface area contributed by atoms with E-state index in [9.17, 15) is 4.79 Å². The normalized spacial score (nSPS) is 11.8. The standard InChI is InChI=1S/C21H19BrN2O/c1-14-9-10-15(2)18(12-14)20(16-6-5-11-23-13-16)24-21(25)17-7-3-4-8-19(17)22/h3-13,20H,1-2H3,(H,24,25). The zero-order chi connectivity index (χ0) is 17.8. The van der Waals surface area contributed by atoms with Crippen molar-refractivity contribution in [1.82, 2.24) is 10.3 Å². The molecule has 2 aromatic carbocycles. The van der Waals surface area contributed by atoms with E-state index in [1.807, 2.05) is 36.4 Å². The highest BCUT2D eigenvalue weighted by molar-refractivity contribution is 9.10. The van der Waals surface area contributed by atoms with Gasteiger partial charge in [0.05, 0.1) is 11.6 Å². The highest BCUT2D eigenvalue weighted by Crippen LogP contribution is 2.26. The molecule has 0 radical (unpaired) electrons. The monoisotopic (exact) mass is 394 g/mol. The van der Waals surface area contributed by atoms with Crippen molar-refractivity contribution in [2.24, 2.45) is 0 Å². The Kier molecular flexibility index (Phi) is 5.29. The molecule has 0 aliphatic carbocycles. The van der Waals surface area contributed by atoms with Crippen LogP contribution in [0.5, 0.6) is 0 Å². The molecule has 1 amide bonds. The molecule has 1 heterocycles. The van der Waals surface area contributed by atoms with Crippen molar-refractivity contribution in [1.29, 1.82) is 0 Å². The third kappa shape index (κ3) is 3.97. The maximum absolute atomic E-state index is 12.9. The van der Waals surface area contributed by atoms with Gasteiger partial charge in [-0.3, -0.25) is 9.78 Å². The summed E-state index contributed by atoms with van der Waals surface area (Å²) in [5.74, 6) is -0.123. The predicted octanol–water partition coefficient (Wildman–Crippen LogP) is 4.98. The van der Waals surface area contributed by atoms with Crippen molar-refractivity contribution in [3.8, 4) is 0 Å². The first-order valence-electron chi connectivity index (χ1n) is 8.08. The van der Waals surface area contributed by atoms with Gasteiger partial charge in [0.25, 0.3) is 5.91 Å². The molecule has 1 atom stereocenters. The van der Waals surface area contributed by atoms with Crippen molar-refractivity contribution >= 4 is 21.8 Å². The van der Waals surface area contributed by atoms with Gasteiger partial charge >= 0.3 is 0 Å².